The van der Waals surface area contributed by atoms with Gasteiger partial charge in [-0.3, -0.25) is 9.59 Å². The predicted octanol–water partition coefficient (Wildman–Crippen LogP) is -1.45. The Balaban J connectivity index is 2.16. The van der Waals surface area contributed by atoms with Crippen molar-refractivity contribution in [3.63, 3.8) is 0 Å². The molecule has 1 aliphatic heterocycles. The number of hydrogen-bond acceptors (Lipinski definition) is 6. The minimum Gasteiger partial charge on any atom is -0.380 e. The van der Waals surface area contributed by atoms with Crippen molar-refractivity contribution < 1.29 is 28.8 Å². The maximum Gasteiger partial charge on any atom is 0.335 e. The minimum absolute atomic E-state index is 0.00540. The number of carbonyl (C=O) groups is 4. The largest absolute Gasteiger partial charge is 0.380 e. The second-order valence-electron chi connectivity index (χ2n) is 3.86. The maximum absolute atomic E-state index is 11.3. The van der Waals surface area contributed by atoms with Gasteiger partial charge in [-0.1, -0.05) is 0 Å². The first kappa shape index (κ1) is 14.4. The molecule has 0 bridgehead atoms. The van der Waals surface area contributed by atoms with E-state index >= 15 is 0 Å². The van der Waals surface area contributed by atoms with Crippen LogP contribution in [-0.4, -0.2) is 49.6 Å². The van der Waals surface area contributed by atoms with Crippen molar-refractivity contribution in [2.24, 2.45) is 0 Å². The molecule has 1 rings (SSSR count). The topological polar surface area (TPSA) is 90.0 Å². The third-order valence-electron chi connectivity index (χ3n) is 2.25. The van der Waals surface area contributed by atoms with Crippen molar-refractivity contribution in [2.45, 2.75) is 25.7 Å². The van der Waals surface area contributed by atoms with Crippen LogP contribution >= 0.6 is 0 Å². The average molecular weight is 255 g/mol. The highest BCUT2D eigenvalue weighted by Crippen LogP contribution is 2.12. The molecule has 2 amide bonds. The van der Waals surface area contributed by atoms with E-state index in [4.69, 9.17) is 4.74 Å². The van der Waals surface area contributed by atoms with Crippen molar-refractivity contribution in [1.82, 2.24) is 5.06 Å². The summed E-state index contributed by atoms with van der Waals surface area (Å²) in [4.78, 5) is 48.7. The van der Waals surface area contributed by atoms with E-state index in [1.165, 1.54) is 7.85 Å². The molecule has 18 heavy (non-hydrogen) atoms. The third kappa shape index (κ3) is 4.66. The van der Waals surface area contributed by atoms with Crippen LogP contribution in [0.25, 0.3) is 0 Å². The van der Waals surface area contributed by atoms with Gasteiger partial charge in [-0.05, 0) is 0 Å². The molecule has 0 radical (unpaired) electrons. The molecule has 1 aliphatic rings. The lowest BCUT2D eigenvalue weighted by Gasteiger charge is -2.12. The zero-order chi connectivity index (χ0) is 13.5. The Labute approximate surface area is 105 Å². The molecule has 0 atom stereocenters. The molecule has 0 spiro atoms. The number of carbonyl (C=O) groups excluding carboxylic acids is 4. The van der Waals surface area contributed by atoms with Crippen molar-refractivity contribution in [2.75, 3.05) is 13.2 Å². The van der Waals surface area contributed by atoms with E-state index in [1.807, 2.05) is 0 Å². The lowest BCUT2D eigenvalue weighted by atomic mass is 10.0. The molecule has 0 saturated carbocycles. The van der Waals surface area contributed by atoms with E-state index in [1.54, 1.807) is 0 Å². The number of rotatable bonds is 7. The molecular weight excluding hydrogens is 241 g/mol. The molecule has 0 unspecified atom stereocenters. The molecule has 1 heterocycles. The summed E-state index contributed by atoms with van der Waals surface area (Å²) in [6.45, 7) is 0.326. The fourth-order valence-electron chi connectivity index (χ4n) is 1.28. The Kier molecular flexibility index (Phi) is 5.51. The van der Waals surface area contributed by atoms with Crippen LogP contribution in [0.4, 0.5) is 0 Å². The Hall–Kier alpha value is -1.70. The molecule has 0 aromatic carbocycles. The summed E-state index contributed by atoms with van der Waals surface area (Å²) in [5, 5.41) is 0.498. The number of amides is 2. The summed E-state index contributed by atoms with van der Waals surface area (Å²) in [5.41, 5.74) is 0.00540. The molecule has 1 saturated heterocycles. The van der Waals surface area contributed by atoms with Gasteiger partial charge >= 0.3 is 5.97 Å². The predicted molar refractivity (Wildman–Crippen MR) is 60.8 cm³/mol. The summed E-state index contributed by atoms with van der Waals surface area (Å²) in [6, 6.07) is 0. The first-order valence-electron chi connectivity index (χ1n) is 5.64. The summed E-state index contributed by atoms with van der Waals surface area (Å²) in [7, 11) is 1.45. The van der Waals surface area contributed by atoms with E-state index < -0.39 is 17.8 Å². The lowest BCUT2D eigenvalue weighted by Crippen LogP contribution is -2.32. The van der Waals surface area contributed by atoms with Crippen molar-refractivity contribution in [3.05, 3.63) is 0 Å². The van der Waals surface area contributed by atoms with Gasteiger partial charge in [0, 0.05) is 19.3 Å². The second kappa shape index (κ2) is 6.90. The Morgan fingerprint density at radius 2 is 1.67 bits per heavy atom. The Morgan fingerprint density at radius 3 is 2.22 bits per heavy atom. The van der Waals surface area contributed by atoms with Crippen LogP contribution in [0.2, 0.25) is 0 Å². The number of imide groups is 1. The van der Waals surface area contributed by atoms with Crippen LogP contribution < -0.4 is 0 Å². The highest BCUT2D eigenvalue weighted by molar-refractivity contribution is 6.57. The Morgan fingerprint density at radius 1 is 1.11 bits per heavy atom. The first-order chi connectivity index (χ1) is 8.50. The zero-order valence-corrected chi connectivity index (χ0v) is 10.1. The van der Waals surface area contributed by atoms with Crippen molar-refractivity contribution in [1.29, 1.82) is 0 Å². The second-order valence-corrected chi connectivity index (χ2v) is 3.86. The maximum atomic E-state index is 11.3. The molecule has 7 nitrogen and oxygen atoms in total. The van der Waals surface area contributed by atoms with Crippen LogP contribution in [-0.2, 0) is 28.8 Å². The van der Waals surface area contributed by atoms with Gasteiger partial charge in [0.05, 0.1) is 25.3 Å². The fourth-order valence-corrected chi connectivity index (χ4v) is 1.28. The average Bonchev–Trinajstić information content (AvgIpc) is 2.60. The zero-order valence-electron chi connectivity index (χ0n) is 10.1. The van der Waals surface area contributed by atoms with Crippen LogP contribution in [0, 0.1) is 0 Å². The summed E-state index contributed by atoms with van der Waals surface area (Å²) in [5.74, 6) is -1.72. The third-order valence-corrected chi connectivity index (χ3v) is 2.25. The monoisotopic (exact) mass is 255 g/mol. The molecule has 1 fully saturated rings. The summed E-state index contributed by atoms with van der Waals surface area (Å²) in [6.07, 6.45) is 0.357. The molecule has 0 aromatic heterocycles. The molecule has 98 valence electrons. The van der Waals surface area contributed by atoms with E-state index in [2.05, 4.69) is 4.84 Å². The van der Waals surface area contributed by atoms with Gasteiger partial charge < -0.3 is 14.4 Å². The number of ether oxygens (including phenoxy) is 1. The standard InChI is InChI=1S/C10H14BNO6/c11-7(13)3-5-17-6-4-10(16)18-12-8(14)1-2-9(12)15/h1-6,11H2. The fraction of sp³-hybridized carbons (Fsp3) is 0.600. The van der Waals surface area contributed by atoms with Gasteiger partial charge in [-0.15, -0.1) is 5.06 Å². The van der Waals surface area contributed by atoms with E-state index in [-0.39, 0.29) is 44.6 Å². The molecule has 0 N–H and O–H groups in total. The van der Waals surface area contributed by atoms with Gasteiger partial charge in [0.2, 0.25) is 0 Å². The van der Waals surface area contributed by atoms with Gasteiger partial charge in [-0.2, -0.15) is 0 Å². The van der Waals surface area contributed by atoms with Crippen LogP contribution in [0.3, 0.4) is 0 Å². The minimum atomic E-state index is -0.707. The van der Waals surface area contributed by atoms with E-state index in [0.717, 1.165) is 0 Å². The van der Waals surface area contributed by atoms with Crippen molar-refractivity contribution in [3.8, 4) is 0 Å². The van der Waals surface area contributed by atoms with Gasteiger partial charge in [0.1, 0.15) is 0 Å². The first-order valence-corrected chi connectivity index (χ1v) is 5.64. The number of hydrogen-bond donors (Lipinski definition) is 0. The van der Waals surface area contributed by atoms with E-state index in [0.29, 0.717) is 5.06 Å². The quantitative estimate of drug-likeness (QED) is 0.314. The van der Waals surface area contributed by atoms with Gasteiger partial charge in [0.25, 0.3) is 11.8 Å². The van der Waals surface area contributed by atoms with Gasteiger partial charge in [-0.25, -0.2) is 4.79 Å². The molecule has 8 heteroatoms. The van der Waals surface area contributed by atoms with Crippen LogP contribution in [0.1, 0.15) is 25.7 Å². The molecule has 0 aliphatic carbocycles. The summed E-state index contributed by atoms with van der Waals surface area (Å²) >= 11 is 0. The number of nitrogens with zero attached hydrogens (tertiary/aromatic N) is 1. The SMILES string of the molecule is BC(=O)CCOCCC(=O)ON1C(=O)CCC1=O. The molecular formula is C10H14BNO6. The van der Waals surface area contributed by atoms with Crippen LogP contribution in [0.5, 0.6) is 0 Å². The number of hydroxylamine groups is 2. The highest BCUT2D eigenvalue weighted by atomic mass is 16.7. The normalized spacial score (nSPS) is 15.0. The lowest BCUT2D eigenvalue weighted by molar-refractivity contribution is -0.198. The van der Waals surface area contributed by atoms with Crippen molar-refractivity contribution >= 4 is 31.3 Å². The highest BCUT2D eigenvalue weighted by Gasteiger charge is 2.32. The smallest absolute Gasteiger partial charge is 0.335 e. The molecule has 0 aromatic rings. The summed E-state index contributed by atoms with van der Waals surface area (Å²) < 4.78 is 5.02. The Bertz CT molecular complexity index is 353. The van der Waals surface area contributed by atoms with Gasteiger partial charge in [0.15, 0.2) is 7.85 Å². The van der Waals surface area contributed by atoms with Crippen LogP contribution in [0.15, 0.2) is 0 Å². The van der Waals surface area contributed by atoms with E-state index in [9.17, 15) is 19.2 Å².